The predicted octanol–water partition coefficient (Wildman–Crippen LogP) is 7.44. The molecule has 168 valence electrons. The van der Waals surface area contributed by atoms with Gasteiger partial charge in [0.05, 0.1) is 19.6 Å². The number of aryl methyl sites for hydroxylation is 1. The Hall–Kier alpha value is -1.97. The molecule has 1 heterocycles. The molecule has 0 spiro atoms. The van der Waals surface area contributed by atoms with Gasteiger partial charge >= 0.3 is 5.63 Å². The van der Waals surface area contributed by atoms with E-state index in [1.54, 1.807) is 26.4 Å². The number of methoxy groups -OCH3 is 2. The highest BCUT2D eigenvalue weighted by Crippen LogP contribution is 2.30. The number of unbranched alkanes of at least 4 members (excludes halogenated alkanes) is 12. The van der Waals surface area contributed by atoms with Crippen molar-refractivity contribution in [3.05, 3.63) is 34.4 Å². The quantitative estimate of drug-likeness (QED) is 0.267. The van der Waals surface area contributed by atoms with Gasteiger partial charge in [-0.2, -0.15) is 0 Å². The van der Waals surface area contributed by atoms with Crippen LogP contribution in [0.4, 0.5) is 0 Å². The number of hydrogen-bond donors (Lipinski definition) is 0. The molecule has 0 atom stereocenters. The summed E-state index contributed by atoms with van der Waals surface area (Å²) in [4.78, 5) is 12.4. The molecule has 0 aliphatic rings. The molecule has 0 bridgehead atoms. The molecule has 4 nitrogen and oxygen atoms in total. The van der Waals surface area contributed by atoms with Crippen molar-refractivity contribution in [1.29, 1.82) is 0 Å². The Kier molecular flexibility index (Phi) is 11.4. The van der Waals surface area contributed by atoms with Crippen molar-refractivity contribution in [2.24, 2.45) is 0 Å². The molecule has 4 heteroatoms. The van der Waals surface area contributed by atoms with E-state index in [-0.39, 0.29) is 5.63 Å². The molecule has 2 aromatic rings. The van der Waals surface area contributed by atoms with Crippen LogP contribution in [0.5, 0.6) is 11.5 Å². The van der Waals surface area contributed by atoms with Gasteiger partial charge in [0.2, 0.25) is 0 Å². The van der Waals surface area contributed by atoms with Gasteiger partial charge in [-0.15, -0.1) is 0 Å². The maximum atomic E-state index is 12.4. The second-order valence-electron chi connectivity index (χ2n) is 8.28. The lowest BCUT2D eigenvalue weighted by Crippen LogP contribution is -2.04. The maximum Gasteiger partial charge on any atom is 0.344 e. The minimum absolute atomic E-state index is 0.325. The summed E-state index contributed by atoms with van der Waals surface area (Å²) < 4.78 is 16.2. The summed E-state index contributed by atoms with van der Waals surface area (Å²) in [5.41, 5.74) is -0.325. The van der Waals surface area contributed by atoms with Crippen molar-refractivity contribution in [2.75, 3.05) is 14.2 Å². The van der Waals surface area contributed by atoms with Crippen LogP contribution in [-0.2, 0) is 6.42 Å². The van der Waals surface area contributed by atoms with Gasteiger partial charge in [-0.05, 0) is 18.6 Å². The summed E-state index contributed by atoms with van der Waals surface area (Å²) in [6, 6.07) is 5.45. The molecule has 0 radical (unpaired) electrons. The summed E-state index contributed by atoms with van der Waals surface area (Å²) >= 11 is 0. The Labute approximate surface area is 182 Å². The van der Waals surface area contributed by atoms with Gasteiger partial charge < -0.3 is 13.9 Å². The van der Waals surface area contributed by atoms with E-state index in [1.807, 2.05) is 6.07 Å². The second-order valence-corrected chi connectivity index (χ2v) is 8.28. The molecule has 1 aromatic heterocycles. The van der Waals surface area contributed by atoms with Crippen LogP contribution < -0.4 is 15.1 Å². The van der Waals surface area contributed by atoms with Crippen molar-refractivity contribution in [1.82, 2.24) is 0 Å². The molecule has 0 saturated heterocycles. The van der Waals surface area contributed by atoms with E-state index >= 15 is 0 Å². The van der Waals surface area contributed by atoms with Gasteiger partial charge in [0, 0.05) is 17.9 Å². The second kappa shape index (κ2) is 14.1. The minimum Gasteiger partial charge on any atom is -0.497 e. The molecule has 0 aliphatic carbocycles. The van der Waals surface area contributed by atoms with Crippen LogP contribution in [0.15, 0.2) is 27.4 Å². The Morgan fingerprint density at radius 2 is 1.27 bits per heavy atom. The van der Waals surface area contributed by atoms with E-state index in [0.717, 1.165) is 24.0 Å². The molecule has 1 aromatic carbocycles. The minimum atomic E-state index is -0.325. The first-order valence-electron chi connectivity index (χ1n) is 11.9. The zero-order valence-electron chi connectivity index (χ0n) is 19.3. The first-order valence-corrected chi connectivity index (χ1v) is 11.9. The fourth-order valence-electron chi connectivity index (χ4n) is 4.01. The third kappa shape index (κ3) is 8.04. The summed E-state index contributed by atoms with van der Waals surface area (Å²) in [5.74, 6) is 1.97. The first kappa shape index (κ1) is 24.3. The van der Waals surface area contributed by atoms with Crippen LogP contribution in [0.25, 0.3) is 10.8 Å². The highest BCUT2D eigenvalue weighted by atomic mass is 16.5. The summed E-state index contributed by atoms with van der Waals surface area (Å²) in [6.45, 7) is 2.27. The number of benzene rings is 1. The molecule has 0 aliphatic heterocycles. The molecule has 0 amide bonds. The lowest BCUT2D eigenvalue weighted by Gasteiger charge is -2.09. The van der Waals surface area contributed by atoms with E-state index in [2.05, 4.69) is 6.92 Å². The van der Waals surface area contributed by atoms with Crippen LogP contribution in [0.3, 0.4) is 0 Å². The van der Waals surface area contributed by atoms with Crippen molar-refractivity contribution in [3.8, 4) is 11.5 Å². The van der Waals surface area contributed by atoms with Crippen LogP contribution in [0.1, 0.15) is 96.2 Å². The Bertz CT molecular complexity index is 793. The molecule has 0 N–H and O–H groups in total. The van der Waals surface area contributed by atoms with Gasteiger partial charge in [0.1, 0.15) is 17.3 Å². The monoisotopic (exact) mass is 416 g/mol. The molecule has 0 saturated carbocycles. The van der Waals surface area contributed by atoms with E-state index in [1.165, 1.54) is 77.0 Å². The highest BCUT2D eigenvalue weighted by Gasteiger charge is 2.11. The molecule has 0 unspecified atom stereocenters. The SMILES string of the molecule is CCCCCCCCCCCCCCCc1cc2c(OC)cc(OC)cc2c(=O)o1. The zero-order chi connectivity index (χ0) is 21.6. The van der Waals surface area contributed by atoms with Gasteiger partial charge in [0.15, 0.2) is 0 Å². The average molecular weight is 417 g/mol. The smallest absolute Gasteiger partial charge is 0.344 e. The highest BCUT2D eigenvalue weighted by molar-refractivity contribution is 5.89. The van der Waals surface area contributed by atoms with E-state index in [9.17, 15) is 4.79 Å². The Morgan fingerprint density at radius 3 is 1.80 bits per heavy atom. The van der Waals surface area contributed by atoms with Crippen molar-refractivity contribution in [2.45, 2.75) is 96.8 Å². The Balaban J connectivity index is 1.66. The largest absolute Gasteiger partial charge is 0.497 e. The lowest BCUT2D eigenvalue weighted by molar-refractivity contribution is 0.396. The van der Waals surface area contributed by atoms with Crippen LogP contribution in [0.2, 0.25) is 0 Å². The topological polar surface area (TPSA) is 48.7 Å². The van der Waals surface area contributed by atoms with E-state index < -0.39 is 0 Å². The zero-order valence-corrected chi connectivity index (χ0v) is 19.3. The summed E-state index contributed by atoms with van der Waals surface area (Å²) in [5, 5.41) is 1.29. The van der Waals surface area contributed by atoms with Crippen molar-refractivity contribution >= 4 is 10.8 Å². The summed E-state index contributed by atoms with van der Waals surface area (Å²) in [7, 11) is 3.18. The fourth-order valence-corrected chi connectivity index (χ4v) is 4.01. The number of ether oxygens (including phenoxy) is 2. The lowest BCUT2D eigenvalue weighted by atomic mass is 10.0. The number of hydrogen-bond acceptors (Lipinski definition) is 4. The number of rotatable bonds is 16. The third-order valence-electron chi connectivity index (χ3n) is 5.85. The molecule has 2 rings (SSSR count). The fraction of sp³-hybridized carbons (Fsp3) is 0.654. The van der Waals surface area contributed by atoms with Crippen LogP contribution >= 0.6 is 0 Å². The van der Waals surface area contributed by atoms with Gasteiger partial charge in [-0.3, -0.25) is 0 Å². The van der Waals surface area contributed by atoms with E-state index in [0.29, 0.717) is 16.9 Å². The summed E-state index contributed by atoms with van der Waals surface area (Å²) in [6.07, 6.45) is 18.1. The predicted molar refractivity (Wildman–Crippen MR) is 125 cm³/mol. The molecule has 0 fully saturated rings. The van der Waals surface area contributed by atoms with E-state index in [4.69, 9.17) is 13.9 Å². The third-order valence-corrected chi connectivity index (χ3v) is 5.85. The van der Waals surface area contributed by atoms with Gasteiger partial charge in [-0.1, -0.05) is 84.0 Å². The van der Waals surface area contributed by atoms with Gasteiger partial charge in [0.25, 0.3) is 0 Å². The molecular formula is C26H40O4. The average Bonchev–Trinajstić information content (AvgIpc) is 2.76. The van der Waals surface area contributed by atoms with Gasteiger partial charge in [-0.25, -0.2) is 4.79 Å². The molecular weight excluding hydrogens is 376 g/mol. The number of fused-ring (bicyclic) bond motifs is 1. The molecule has 30 heavy (non-hydrogen) atoms. The Morgan fingerprint density at radius 1 is 0.700 bits per heavy atom. The van der Waals surface area contributed by atoms with Crippen molar-refractivity contribution < 1.29 is 13.9 Å². The first-order chi connectivity index (χ1) is 14.7. The van der Waals surface area contributed by atoms with Crippen LogP contribution in [0, 0.1) is 0 Å². The normalized spacial score (nSPS) is 11.2. The maximum absolute atomic E-state index is 12.4. The van der Waals surface area contributed by atoms with Crippen LogP contribution in [-0.4, -0.2) is 14.2 Å². The standard InChI is InChI=1S/C26H40O4/c1-4-5-6-7-8-9-10-11-12-13-14-15-16-17-21-18-23-24(26(27)30-21)19-22(28-2)20-25(23)29-3/h18-20H,4-17H2,1-3H3. The van der Waals surface area contributed by atoms with Crippen molar-refractivity contribution in [3.63, 3.8) is 0 Å².